The van der Waals surface area contributed by atoms with Gasteiger partial charge in [-0.25, -0.2) is 0 Å². The summed E-state index contributed by atoms with van der Waals surface area (Å²) in [4.78, 5) is 13.3. The van der Waals surface area contributed by atoms with Crippen LogP contribution in [0.5, 0.6) is 0 Å². The van der Waals surface area contributed by atoms with E-state index in [1.165, 1.54) is 0 Å². The van der Waals surface area contributed by atoms with E-state index in [0.29, 0.717) is 18.8 Å². The largest absolute Gasteiger partial charge is 0.338 e. The van der Waals surface area contributed by atoms with E-state index in [-0.39, 0.29) is 17.2 Å². The van der Waals surface area contributed by atoms with Crippen LogP contribution in [0.2, 0.25) is 0 Å². The number of terminal acetylenes is 1. The van der Waals surface area contributed by atoms with Crippen molar-refractivity contribution in [3.63, 3.8) is 0 Å². The van der Waals surface area contributed by atoms with E-state index in [0.717, 1.165) is 5.69 Å². The molecule has 0 aliphatic carbocycles. The fourth-order valence-electron chi connectivity index (χ4n) is 1.78. The van der Waals surface area contributed by atoms with Gasteiger partial charge in [-0.2, -0.15) is 0 Å². The van der Waals surface area contributed by atoms with Gasteiger partial charge in [0.15, 0.2) is 0 Å². The molecule has 4 nitrogen and oxygen atoms in total. The molecule has 90 valence electrons. The lowest BCUT2D eigenvalue weighted by Gasteiger charge is -2.13. The molecule has 0 bridgehead atoms. The Kier molecular flexibility index (Phi) is 2.70. The molecule has 1 aliphatic heterocycles. The average molecular weight is 232 g/mol. The van der Waals surface area contributed by atoms with Crippen LogP contribution in [0, 0.1) is 18.3 Å². The van der Waals surface area contributed by atoms with Crippen LogP contribution < -0.4 is 4.90 Å². The third-order valence-corrected chi connectivity index (χ3v) is 2.89. The van der Waals surface area contributed by atoms with Crippen molar-refractivity contribution in [1.82, 2.24) is 5.16 Å². The van der Waals surface area contributed by atoms with Crippen molar-refractivity contribution in [1.29, 1.82) is 0 Å². The maximum Gasteiger partial charge on any atom is 0.234 e. The number of hydrogen-bond acceptors (Lipinski definition) is 3. The molecule has 0 saturated carbocycles. The number of aromatic nitrogens is 1. The van der Waals surface area contributed by atoms with Crippen LogP contribution in [0.1, 0.15) is 32.9 Å². The molecule has 1 atom stereocenters. The van der Waals surface area contributed by atoms with Gasteiger partial charge >= 0.3 is 0 Å². The minimum atomic E-state index is -0.0873. The number of anilines is 1. The summed E-state index contributed by atoms with van der Waals surface area (Å²) in [6.45, 7) is 6.66. The number of rotatable bonds is 1. The Morgan fingerprint density at radius 1 is 1.59 bits per heavy atom. The van der Waals surface area contributed by atoms with E-state index in [2.05, 4.69) is 11.1 Å². The molecule has 17 heavy (non-hydrogen) atoms. The van der Waals surface area contributed by atoms with Crippen LogP contribution in [0.4, 0.5) is 5.88 Å². The van der Waals surface area contributed by atoms with Crippen molar-refractivity contribution in [2.24, 2.45) is 5.92 Å². The fourth-order valence-corrected chi connectivity index (χ4v) is 1.78. The zero-order valence-corrected chi connectivity index (χ0v) is 10.4. The van der Waals surface area contributed by atoms with Crippen molar-refractivity contribution in [2.45, 2.75) is 32.6 Å². The van der Waals surface area contributed by atoms with Crippen LogP contribution in [0.15, 0.2) is 10.6 Å². The maximum absolute atomic E-state index is 11.7. The summed E-state index contributed by atoms with van der Waals surface area (Å²) < 4.78 is 5.22. The highest BCUT2D eigenvalue weighted by Gasteiger charge is 2.32. The third kappa shape index (κ3) is 2.19. The lowest BCUT2D eigenvalue weighted by molar-refractivity contribution is -0.117. The molecule has 1 unspecified atom stereocenters. The third-order valence-electron chi connectivity index (χ3n) is 2.89. The van der Waals surface area contributed by atoms with Gasteiger partial charge in [0.2, 0.25) is 11.8 Å². The van der Waals surface area contributed by atoms with Crippen molar-refractivity contribution in [3.05, 3.63) is 11.8 Å². The average Bonchev–Trinajstić information content (AvgIpc) is 2.82. The predicted molar refractivity (Wildman–Crippen MR) is 64.5 cm³/mol. The number of nitrogens with zero attached hydrogens (tertiary/aromatic N) is 2. The summed E-state index contributed by atoms with van der Waals surface area (Å²) >= 11 is 0. The van der Waals surface area contributed by atoms with Gasteiger partial charge < -0.3 is 4.52 Å². The van der Waals surface area contributed by atoms with Gasteiger partial charge in [0, 0.05) is 30.4 Å². The number of amides is 1. The molecule has 2 rings (SSSR count). The van der Waals surface area contributed by atoms with Crippen LogP contribution in [-0.4, -0.2) is 17.6 Å². The molecule has 1 aromatic heterocycles. The molecule has 4 heteroatoms. The highest BCUT2D eigenvalue weighted by molar-refractivity contribution is 5.94. The van der Waals surface area contributed by atoms with Crippen molar-refractivity contribution in [2.75, 3.05) is 11.4 Å². The first-order chi connectivity index (χ1) is 7.91. The zero-order chi connectivity index (χ0) is 12.6. The highest BCUT2D eigenvalue weighted by Crippen LogP contribution is 2.29. The lowest BCUT2D eigenvalue weighted by Crippen LogP contribution is -2.23. The van der Waals surface area contributed by atoms with Crippen molar-refractivity contribution >= 4 is 11.8 Å². The summed E-state index contributed by atoms with van der Waals surface area (Å²) in [5.74, 6) is 3.09. The maximum atomic E-state index is 11.7. The van der Waals surface area contributed by atoms with Gasteiger partial charge in [-0.1, -0.05) is 25.9 Å². The topological polar surface area (TPSA) is 46.3 Å². The number of carbonyl (C=O) groups is 1. The van der Waals surface area contributed by atoms with Gasteiger partial charge in [-0.15, -0.1) is 12.3 Å². The molecule has 0 radical (unpaired) electrons. The smallest absolute Gasteiger partial charge is 0.234 e. The molecule has 0 aromatic carbocycles. The molecule has 1 aliphatic rings. The quantitative estimate of drug-likeness (QED) is 0.695. The minimum absolute atomic E-state index is 0.00422. The number of carbonyl (C=O) groups excluding carboxylic acids is 1. The molecule has 0 spiro atoms. The van der Waals surface area contributed by atoms with Crippen LogP contribution in [0.25, 0.3) is 0 Å². The molecule has 1 saturated heterocycles. The Bertz CT molecular complexity index is 476. The monoisotopic (exact) mass is 232 g/mol. The fraction of sp³-hybridized carbons (Fsp3) is 0.538. The Balaban J connectivity index is 2.22. The van der Waals surface area contributed by atoms with E-state index in [1.54, 1.807) is 4.90 Å². The van der Waals surface area contributed by atoms with Crippen LogP contribution in [0.3, 0.4) is 0 Å². The summed E-state index contributed by atoms with van der Waals surface area (Å²) in [6.07, 6.45) is 5.73. The van der Waals surface area contributed by atoms with E-state index >= 15 is 0 Å². The molecule has 1 amide bonds. The van der Waals surface area contributed by atoms with Gasteiger partial charge in [0.25, 0.3) is 0 Å². The highest BCUT2D eigenvalue weighted by atomic mass is 16.5. The Labute approximate surface area is 101 Å². The van der Waals surface area contributed by atoms with E-state index in [1.807, 2.05) is 26.8 Å². The molecule has 0 N–H and O–H groups in total. The van der Waals surface area contributed by atoms with Crippen molar-refractivity contribution < 1.29 is 9.32 Å². The molecular formula is C13H16N2O2. The van der Waals surface area contributed by atoms with Gasteiger partial charge in [0.05, 0.1) is 5.69 Å². The SMILES string of the molecule is C#CC1CC(=O)N(c2cc(C(C)(C)C)no2)C1. The Hall–Kier alpha value is -1.76. The lowest BCUT2D eigenvalue weighted by atomic mass is 9.92. The summed E-state index contributed by atoms with van der Waals surface area (Å²) in [5, 5.41) is 4.00. The molecular weight excluding hydrogens is 216 g/mol. The minimum Gasteiger partial charge on any atom is -0.338 e. The zero-order valence-electron chi connectivity index (χ0n) is 10.4. The first-order valence-electron chi connectivity index (χ1n) is 5.65. The number of hydrogen-bond donors (Lipinski definition) is 0. The second-order valence-electron chi connectivity index (χ2n) is 5.37. The van der Waals surface area contributed by atoms with Crippen LogP contribution >= 0.6 is 0 Å². The first kappa shape index (κ1) is 11.7. The Morgan fingerprint density at radius 2 is 2.29 bits per heavy atom. The second-order valence-corrected chi connectivity index (χ2v) is 5.37. The van der Waals surface area contributed by atoms with Gasteiger partial charge in [-0.05, 0) is 0 Å². The standard InChI is InChI=1S/C13H16N2O2/c1-5-9-6-11(16)15(8-9)12-7-10(14-17-12)13(2,3)4/h1,7,9H,6,8H2,2-4H3. The van der Waals surface area contributed by atoms with Crippen molar-refractivity contribution in [3.8, 4) is 12.3 Å². The summed E-state index contributed by atoms with van der Waals surface area (Å²) in [6, 6.07) is 1.82. The summed E-state index contributed by atoms with van der Waals surface area (Å²) in [5.41, 5.74) is 0.750. The van der Waals surface area contributed by atoms with E-state index in [9.17, 15) is 4.79 Å². The van der Waals surface area contributed by atoms with Crippen LogP contribution in [-0.2, 0) is 10.2 Å². The normalized spacial score (nSPS) is 20.7. The van der Waals surface area contributed by atoms with Gasteiger partial charge in [0.1, 0.15) is 0 Å². The summed E-state index contributed by atoms with van der Waals surface area (Å²) in [7, 11) is 0. The molecule has 2 heterocycles. The van der Waals surface area contributed by atoms with Gasteiger partial charge in [-0.3, -0.25) is 9.69 Å². The molecule has 1 fully saturated rings. The molecule has 1 aromatic rings. The Morgan fingerprint density at radius 3 is 2.76 bits per heavy atom. The first-order valence-corrected chi connectivity index (χ1v) is 5.65. The predicted octanol–water partition coefficient (Wildman–Crippen LogP) is 1.96. The second kappa shape index (κ2) is 3.92. The van der Waals surface area contributed by atoms with E-state index in [4.69, 9.17) is 10.9 Å². The van der Waals surface area contributed by atoms with E-state index < -0.39 is 0 Å².